The molecule has 0 fully saturated rings. The highest BCUT2D eigenvalue weighted by atomic mass is 19.1. The van der Waals surface area contributed by atoms with Crippen LogP contribution < -0.4 is 25.2 Å². The fourth-order valence-corrected chi connectivity index (χ4v) is 4.33. The van der Waals surface area contributed by atoms with E-state index in [-0.39, 0.29) is 40.7 Å². The van der Waals surface area contributed by atoms with Crippen LogP contribution in [0.5, 0.6) is 17.2 Å². The lowest BCUT2D eigenvalue weighted by Gasteiger charge is -2.30. The van der Waals surface area contributed by atoms with E-state index >= 15 is 4.39 Å². The van der Waals surface area contributed by atoms with Gasteiger partial charge in [-0.3, -0.25) is 24.3 Å². The van der Waals surface area contributed by atoms with Gasteiger partial charge in [0.15, 0.2) is 0 Å². The summed E-state index contributed by atoms with van der Waals surface area (Å²) in [6.45, 7) is 4.39. The van der Waals surface area contributed by atoms with E-state index in [2.05, 4.69) is 5.32 Å². The second-order valence-corrected chi connectivity index (χ2v) is 9.47. The van der Waals surface area contributed by atoms with Crippen LogP contribution >= 0.6 is 0 Å². The van der Waals surface area contributed by atoms with Crippen molar-refractivity contribution in [2.24, 2.45) is 7.05 Å². The fraction of sp³-hybridized carbons (Fsp3) is 0.194. The number of imide groups is 1. The van der Waals surface area contributed by atoms with E-state index in [0.717, 1.165) is 13.0 Å². The summed E-state index contributed by atoms with van der Waals surface area (Å²) >= 11 is 0. The topological polar surface area (TPSA) is 89.9 Å². The number of carbonyl (C=O) groups is 2. The zero-order valence-corrected chi connectivity index (χ0v) is 23.2. The molecular weight excluding hydrogens is 532 g/mol. The summed E-state index contributed by atoms with van der Waals surface area (Å²) < 4.78 is 42.2. The molecule has 3 aromatic carbocycles. The number of benzene rings is 3. The summed E-state index contributed by atoms with van der Waals surface area (Å²) in [4.78, 5) is 40.3. The lowest BCUT2D eigenvalue weighted by Crippen LogP contribution is -2.35. The maximum atomic E-state index is 15.6. The molecule has 0 atom stereocenters. The van der Waals surface area contributed by atoms with Crippen LogP contribution in [-0.4, -0.2) is 23.5 Å². The number of carbonyl (C=O) groups excluding carboxylic acids is 2. The van der Waals surface area contributed by atoms with Crippen molar-refractivity contribution in [2.75, 3.05) is 12.0 Å². The first kappa shape index (κ1) is 29.0. The molecule has 4 rings (SSSR count). The van der Waals surface area contributed by atoms with Gasteiger partial charge in [-0.25, -0.2) is 8.78 Å². The van der Waals surface area contributed by atoms with Crippen molar-refractivity contribution in [2.45, 2.75) is 27.3 Å². The number of anilines is 2. The Balaban J connectivity index is 2.02. The van der Waals surface area contributed by atoms with Crippen molar-refractivity contribution >= 4 is 23.3 Å². The first-order valence-corrected chi connectivity index (χ1v) is 12.7. The first-order valence-electron chi connectivity index (χ1n) is 12.7. The molecule has 1 heterocycles. The van der Waals surface area contributed by atoms with Gasteiger partial charge < -0.3 is 14.4 Å². The van der Waals surface area contributed by atoms with Crippen LogP contribution in [-0.2, 0) is 18.4 Å². The van der Waals surface area contributed by atoms with Crippen LogP contribution in [0, 0.1) is 25.5 Å². The van der Waals surface area contributed by atoms with Crippen molar-refractivity contribution < 1.29 is 27.8 Å². The number of aryl methyl sites for hydroxylation is 1. The van der Waals surface area contributed by atoms with E-state index in [4.69, 9.17) is 9.47 Å². The normalized spacial score (nSPS) is 10.7. The van der Waals surface area contributed by atoms with Gasteiger partial charge in [0, 0.05) is 32.1 Å². The third-order valence-corrected chi connectivity index (χ3v) is 6.48. The van der Waals surface area contributed by atoms with Crippen LogP contribution in [0.3, 0.4) is 0 Å². The fourth-order valence-electron chi connectivity index (χ4n) is 4.33. The van der Waals surface area contributed by atoms with Crippen LogP contribution in [0.25, 0.3) is 0 Å². The third kappa shape index (κ3) is 6.27. The molecule has 1 N–H and O–H groups in total. The molecule has 0 aliphatic carbocycles. The van der Waals surface area contributed by atoms with E-state index in [9.17, 15) is 18.8 Å². The molecule has 0 spiro atoms. The molecule has 41 heavy (non-hydrogen) atoms. The molecule has 0 aliphatic rings. The van der Waals surface area contributed by atoms with Crippen LogP contribution in [0.15, 0.2) is 71.5 Å². The minimum atomic E-state index is -0.889. The number of amides is 2. The summed E-state index contributed by atoms with van der Waals surface area (Å²) in [6, 6.07) is 16.8. The summed E-state index contributed by atoms with van der Waals surface area (Å²) in [5.74, 6) is -2.31. The molecule has 0 radical (unpaired) electrons. The molecule has 10 heteroatoms. The van der Waals surface area contributed by atoms with Gasteiger partial charge in [-0.2, -0.15) is 0 Å². The van der Waals surface area contributed by atoms with Gasteiger partial charge in [0.05, 0.1) is 12.8 Å². The summed E-state index contributed by atoms with van der Waals surface area (Å²) in [5, 5.41) is 2.22. The first-order chi connectivity index (χ1) is 19.5. The van der Waals surface area contributed by atoms with Crippen molar-refractivity contribution in [3.63, 3.8) is 0 Å². The number of aromatic nitrogens is 1. The third-order valence-electron chi connectivity index (χ3n) is 6.48. The molecule has 0 bridgehead atoms. The molecule has 4 aromatic rings. The Kier molecular flexibility index (Phi) is 8.51. The minimum absolute atomic E-state index is 0.0139. The lowest BCUT2D eigenvalue weighted by molar-refractivity contribution is -0.118. The molecule has 0 aliphatic heterocycles. The highest BCUT2D eigenvalue weighted by Crippen LogP contribution is 2.38. The maximum absolute atomic E-state index is 15.6. The Morgan fingerprint density at radius 3 is 2.29 bits per heavy atom. The summed E-state index contributed by atoms with van der Waals surface area (Å²) in [5.41, 5.74) is 0.765. The average Bonchev–Trinajstić information content (AvgIpc) is 2.92. The standard InChI is InChI=1S/C31H29F2N3O5/c1-18-9-14-25(24(33)15-18)36(17-21-10-12-22(40-5)13-11-21)31-29(30(39)34-20(3)37)27(16-28(38)35(31)4)41-26-8-6-7-23(32)19(26)2/h6-16H,17H2,1-5H3,(H,34,37,39). The number of pyridine rings is 1. The van der Waals surface area contributed by atoms with Gasteiger partial charge in [0.25, 0.3) is 11.5 Å². The van der Waals surface area contributed by atoms with Crippen LogP contribution in [0.1, 0.15) is 34.0 Å². The smallest absolute Gasteiger partial charge is 0.265 e. The Hall–Kier alpha value is -4.99. The molecule has 2 amide bonds. The second kappa shape index (κ2) is 12.0. The summed E-state index contributed by atoms with van der Waals surface area (Å²) in [7, 11) is 2.96. The molecular formula is C31H29F2N3O5. The van der Waals surface area contributed by atoms with Gasteiger partial charge in [-0.1, -0.05) is 24.3 Å². The van der Waals surface area contributed by atoms with Gasteiger partial charge in [-0.05, 0) is 61.4 Å². The average molecular weight is 562 g/mol. The second-order valence-electron chi connectivity index (χ2n) is 9.47. The highest BCUT2D eigenvalue weighted by Gasteiger charge is 2.29. The van der Waals surface area contributed by atoms with Gasteiger partial charge in [0.2, 0.25) is 5.91 Å². The van der Waals surface area contributed by atoms with E-state index in [1.807, 2.05) is 0 Å². The van der Waals surface area contributed by atoms with E-state index in [1.54, 1.807) is 37.3 Å². The molecule has 0 unspecified atom stereocenters. The number of hydrogen-bond acceptors (Lipinski definition) is 6. The predicted octanol–water partition coefficient (Wildman–Crippen LogP) is 5.70. The Bertz CT molecular complexity index is 1680. The van der Waals surface area contributed by atoms with Crippen molar-refractivity contribution in [3.8, 4) is 17.2 Å². The van der Waals surface area contributed by atoms with Crippen LogP contribution in [0.4, 0.5) is 20.3 Å². The highest BCUT2D eigenvalue weighted by molar-refractivity contribution is 6.09. The predicted molar refractivity (Wildman–Crippen MR) is 151 cm³/mol. The zero-order chi connectivity index (χ0) is 29.8. The van der Waals surface area contributed by atoms with Gasteiger partial charge >= 0.3 is 0 Å². The maximum Gasteiger partial charge on any atom is 0.265 e. The lowest BCUT2D eigenvalue weighted by atomic mass is 10.1. The number of rotatable bonds is 8. The van der Waals surface area contributed by atoms with Crippen LogP contribution in [0.2, 0.25) is 0 Å². The Morgan fingerprint density at radius 1 is 0.951 bits per heavy atom. The van der Waals surface area contributed by atoms with Crippen molar-refractivity contribution in [1.29, 1.82) is 0 Å². The number of ether oxygens (including phenoxy) is 2. The molecule has 1 aromatic heterocycles. The largest absolute Gasteiger partial charge is 0.497 e. The molecule has 0 saturated heterocycles. The quantitative estimate of drug-likeness (QED) is 0.297. The monoisotopic (exact) mass is 561 g/mol. The number of halogens is 2. The minimum Gasteiger partial charge on any atom is -0.497 e. The number of hydrogen-bond donors (Lipinski definition) is 1. The Morgan fingerprint density at radius 2 is 1.66 bits per heavy atom. The van der Waals surface area contributed by atoms with Crippen molar-refractivity contribution in [1.82, 2.24) is 9.88 Å². The number of nitrogens with one attached hydrogen (secondary N) is 1. The van der Waals surface area contributed by atoms with Gasteiger partial charge in [-0.15, -0.1) is 0 Å². The van der Waals surface area contributed by atoms with Gasteiger partial charge in [0.1, 0.15) is 40.3 Å². The van der Waals surface area contributed by atoms with Crippen molar-refractivity contribution in [3.05, 3.63) is 111 Å². The molecule has 212 valence electrons. The van der Waals surface area contributed by atoms with E-state index < -0.39 is 29.0 Å². The summed E-state index contributed by atoms with van der Waals surface area (Å²) in [6.07, 6.45) is 0. The zero-order valence-electron chi connectivity index (χ0n) is 23.2. The molecule has 8 nitrogen and oxygen atoms in total. The van der Waals surface area contributed by atoms with E-state index in [0.29, 0.717) is 16.9 Å². The Labute approximate surface area is 235 Å². The SMILES string of the molecule is COc1ccc(CN(c2ccc(C)cc2F)c2c(C(=O)NC(C)=O)c(Oc3cccc(F)c3C)cc(=O)n2C)cc1. The van der Waals surface area contributed by atoms with E-state index in [1.165, 1.54) is 60.9 Å². The number of methoxy groups -OCH3 is 1. The molecule has 0 saturated carbocycles. The number of nitrogens with zero attached hydrogens (tertiary/aromatic N) is 2.